The lowest BCUT2D eigenvalue weighted by molar-refractivity contribution is -0.161. The van der Waals surface area contributed by atoms with Crippen molar-refractivity contribution in [3.8, 4) is 0 Å². The fraction of sp³-hybridized carbons (Fsp3) is 0.905. The van der Waals surface area contributed by atoms with Gasteiger partial charge in [-0.3, -0.25) is 14.1 Å². The maximum atomic E-state index is 12.4. The smallest absolute Gasteiger partial charge is 0.462 e. The summed E-state index contributed by atoms with van der Waals surface area (Å²) >= 11 is 0. The number of carbonyl (C=O) groups excluding carboxylic acids is 2. The summed E-state index contributed by atoms with van der Waals surface area (Å²) in [7, 11) is -4.75. The minimum Gasteiger partial charge on any atom is -0.462 e. The van der Waals surface area contributed by atoms with Crippen molar-refractivity contribution >= 4 is 19.8 Å². The van der Waals surface area contributed by atoms with Crippen LogP contribution >= 0.6 is 7.82 Å². The molecule has 0 amide bonds. The molecule has 0 aromatic heterocycles. The zero-order valence-electron chi connectivity index (χ0n) is 33.3. The van der Waals surface area contributed by atoms with Crippen molar-refractivity contribution < 1.29 is 37.9 Å². The molecular weight excluding hydrogens is 663 g/mol. The average molecular weight is 745 g/mol. The van der Waals surface area contributed by atoms with E-state index < -0.39 is 32.5 Å². The molecular formula is C42H81O8P. The highest BCUT2D eigenvalue weighted by Crippen LogP contribution is 2.36. The van der Waals surface area contributed by atoms with Gasteiger partial charge in [-0.25, -0.2) is 4.57 Å². The van der Waals surface area contributed by atoms with Gasteiger partial charge in [0.15, 0.2) is 6.10 Å². The summed E-state index contributed by atoms with van der Waals surface area (Å²) in [6, 6.07) is 0. The second kappa shape index (κ2) is 38.5. The van der Waals surface area contributed by atoms with Crippen molar-refractivity contribution in [3.63, 3.8) is 0 Å². The zero-order valence-corrected chi connectivity index (χ0v) is 34.2. The lowest BCUT2D eigenvalue weighted by atomic mass is 10.0. The van der Waals surface area contributed by atoms with Gasteiger partial charge in [-0.1, -0.05) is 187 Å². The molecule has 2 N–H and O–H groups in total. The second-order valence-electron chi connectivity index (χ2n) is 14.7. The molecule has 0 aliphatic carbocycles. The van der Waals surface area contributed by atoms with E-state index in [1.165, 1.54) is 141 Å². The quantitative estimate of drug-likeness (QED) is 0.0275. The van der Waals surface area contributed by atoms with Crippen molar-refractivity contribution in [1.82, 2.24) is 0 Å². The molecule has 0 bridgehead atoms. The van der Waals surface area contributed by atoms with Crippen LogP contribution in [0.25, 0.3) is 0 Å². The molecule has 0 heterocycles. The number of allylic oxidation sites excluding steroid dienone is 2. The number of hydrogen-bond acceptors (Lipinski definition) is 6. The van der Waals surface area contributed by atoms with Gasteiger partial charge in [-0.2, -0.15) is 0 Å². The molecule has 302 valence electrons. The molecule has 0 fully saturated rings. The fourth-order valence-corrected chi connectivity index (χ4v) is 6.67. The van der Waals surface area contributed by atoms with Crippen LogP contribution in [0.2, 0.25) is 0 Å². The Bertz CT molecular complexity index is 843. The number of phosphoric acid groups is 1. The van der Waals surface area contributed by atoms with E-state index in [-0.39, 0.29) is 19.4 Å². The highest BCUT2D eigenvalue weighted by atomic mass is 31.2. The number of esters is 2. The minimum atomic E-state index is -4.75. The van der Waals surface area contributed by atoms with Crippen molar-refractivity contribution in [1.29, 1.82) is 0 Å². The van der Waals surface area contributed by atoms with E-state index in [1.54, 1.807) is 0 Å². The first-order valence-corrected chi connectivity index (χ1v) is 23.0. The Balaban J connectivity index is 3.82. The Kier molecular flexibility index (Phi) is 37.6. The van der Waals surface area contributed by atoms with Crippen LogP contribution in [0.3, 0.4) is 0 Å². The Labute approximate surface area is 314 Å². The van der Waals surface area contributed by atoms with Gasteiger partial charge in [0.2, 0.25) is 0 Å². The van der Waals surface area contributed by atoms with Crippen LogP contribution in [0.5, 0.6) is 0 Å². The largest absolute Gasteiger partial charge is 0.469 e. The van der Waals surface area contributed by atoms with Crippen LogP contribution < -0.4 is 0 Å². The summed E-state index contributed by atoms with van der Waals surface area (Å²) in [5.74, 6) is -0.884. The van der Waals surface area contributed by atoms with Gasteiger partial charge in [0.05, 0.1) is 6.61 Å². The lowest BCUT2D eigenvalue weighted by Crippen LogP contribution is -2.29. The Morgan fingerprint density at radius 1 is 0.490 bits per heavy atom. The Morgan fingerprint density at radius 2 is 0.824 bits per heavy atom. The molecule has 0 aliphatic heterocycles. The maximum absolute atomic E-state index is 12.4. The van der Waals surface area contributed by atoms with Crippen molar-refractivity contribution in [3.05, 3.63) is 12.2 Å². The third kappa shape index (κ3) is 41.4. The van der Waals surface area contributed by atoms with E-state index >= 15 is 0 Å². The number of carbonyl (C=O) groups is 2. The first kappa shape index (κ1) is 49.8. The average Bonchev–Trinajstić information content (AvgIpc) is 3.10. The van der Waals surface area contributed by atoms with Gasteiger partial charge in [0, 0.05) is 12.8 Å². The molecule has 0 unspecified atom stereocenters. The maximum Gasteiger partial charge on any atom is 0.469 e. The SMILES string of the molecule is CCCCC/C=C/CCCCCCCC(=O)OC[C@H](COP(=O)(O)O)OC(=O)CCCCCCCCCCCCCCCCCCCCCCC. The number of unbranched alkanes of at least 4 members (excludes halogenated alkanes) is 28. The summed E-state index contributed by atoms with van der Waals surface area (Å²) in [6.45, 7) is 3.68. The Hall–Kier alpha value is -1.21. The first-order chi connectivity index (χ1) is 24.8. The van der Waals surface area contributed by atoms with Crippen molar-refractivity contribution in [2.24, 2.45) is 0 Å². The van der Waals surface area contributed by atoms with Crippen LogP contribution in [0.4, 0.5) is 0 Å². The van der Waals surface area contributed by atoms with Crippen LogP contribution in [-0.2, 0) is 28.2 Å². The third-order valence-electron chi connectivity index (χ3n) is 9.53. The topological polar surface area (TPSA) is 119 Å². The van der Waals surface area contributed by atoms with Crippen LogP contribution in [0, 0.1) is 0 Å². The summed E-state index contributed by atoms with van der Waals surface area (Å²) in [4.78, 5) is 42.8. The second-order valence-corrected chi connectivity index (χ2v) is 15.9. The zero-order chi connectivity index (χ0) is 37.5. The molecule has 8 nitrogen and oxygen atoms in total. The third-order valence-corrected chi connectivity index (χ3v) is 10.0. The van der Waals surface area contributed by atoms with Gasteiger partial charge in [-0.15, -0.1) is 0 Å². The summed E-state index contributed by atoms with van der Waals surface area (Å²) < 4.78 is 26.4. The van der Waals surface area contributed by atoms with E-state index in [2.05, 4.69) is 30.5 Å². The molecule has 0 saturated carbocycles. The lowest BCUT2D eigenvalue weighted by Gasteiger charge is -2.18. The minimum absolute atomic E-state index is 0.216. The van der Waals surface area contributed by atoms with Gasteiger partial charge in [-0.05, 0) is 38.5 Å². The molecule has 0 aliphatic rings. The number of hydrogen-bond donors (Lipinski definition) is 2. The molecule has 0 rings (SSSR count). The number of rotatable bonds is 40. The van der Waals surface area contributed by atoms with Gasteiger partial charge in [0.25, 0.3) is 0 Å². The fourth-order valence-electron chi connectivity index (χ4n) is 6.31. The van der Waals surface area contributed by atoms with Gasteiger partial charge < -0.3 is 19.3 Å². The van der Waals surface area contributed by atoms with Crippen LogP contribution in [0.1, 0.15) is 226 Å². The van der Waals surface area contributed by atoms with E-state index in [9.17, 15) is 14.2 Å². The Morgan fingerprint density at radius 3 is 1.24 bits per heavy atom. The molecule has 51 heavy (non-hydrogen) atoms. The molecule has 9 heteroatoms. The summed E-state index contributed by atoms with van der Waals surface area (Å²) in [5, 5.41) is 0. The molecule has 0 aromatic carbocycles. The molecule has 0 aromatic rings. The van der Waals surface area contributed by atoms with Crippen molar-refractivity contribution in [2.45, 2.75) is 232 Å². The number of ether oxygens (including phenoxy) is 2. The van der Waals surface area contributed by atoms with E-state index in [1.807, 2.05) is 0 Å². The highest BCUT2D eigenvalue weighted by Gasteiger charge is 2.22. The normalized spacial score (nSPS) is 12.5. The van der Waals surface area contributed by atoms with Crippen LogP contribution in [0.15, 0.2) is 12.2 Å². The molecule has 0 saturated heterocycles. The molecule has 0 spiro atoms. The standard InChI is InChI=1S/C42H81O8P/c1-3-5-7-9-11-13-15-17-18-19-20-21-22-23-24-25-27-29-31-33-35-37-42(44)50-40(39-49-51(45,46)47)38-48-41(43)36-34-32-30-28-26-16-14-12-10-8-6-4-2/h12,14,40H,3-11,13,15-39H2,1-2H3,(H2,45,46,47)/b14-12+/t40-/m1/s1. The summed E-state index contributed by atoms with van der Waals surface area (Å²) in [6.07, 6.45) is 42.3. The predicted molar refractivity (Wildman–Crippen MR) is 212 cm³/mol. The number of phosphoric ester groups is 1. The predicted octanol–water partition coefficient (Wildman–Crippen LogP) is 13.0. The van der Waals surface area contributed by atoms with E-state index in [0.29, 0.717) is 12.8 Å². The van der Waals surface area contributed by atoms with Gasteiger partial charge >= 0.3 is 19.8 Å². The van der Waals surface area contributed by atoms with Crippen LogP contribution in [-0.4, -0.2) is 41.0 Å². The highest BCUT2D eigenvalue weighted by molar-refractivity contribution is 7.46. The summed E-state index contributed by atoms with van der Waals surface area (Å²) in [5.41, 5.74) is 0. The van der Waals surface area contributed by atoms with Gasteiger partial charge in [0.1, 0.15) is 6.61 Å². The van der Waals surface area contributed by atoms with E-state index in [4.69, 9.17) is 19.3 Å². The molecule has 0 radical (unpaired) electrons. The van der Waals surface area contributed by atoms with Crippen molar-refractivity contribution in [2.75, 3.05) is 13.2 Å². The first-order valence-electron chi connectivity index (χ1n) is 21.5. The van der Waals surface area contributed by atoms with E-state index in [0.717, 1.165) is 44.9 Å². The monoisotopic (exact) mass is 745 g/mol. The molecule has 1 atom stereocenters.